The Labute approximate surface area is 181 Å². The van der Waals surface area contributed by atoms with Crippen LogP contribution in [0.15, 0.2) is 48.5 Å². The van der Waals surface area contributed by atoms with E-state index in [1.807, 2.05) is 43.3 Å². The molecule has 0 radical (unpaired) electrons. The standard InChI is InChI=1S/C24H29F3N2O2/c1-28(2)21-11-5-18(6-12-21)22(30)4-3-15-29-16-13-23(31,14-17-29)19-7-9-20(10-8-19)24(25,26)27/h5-12,31H,3-4,13-17H2,1-2H3. The fraction of sp³-hybridized carbons (Fsp3) is 0.458. The van der Waals surface area contributed by atoms with Crippen LogP contribution >= 0.6 is 0 Å². The number of rotatable bonds is 7. The zero-order valence-corrected chi connectivity index (χ0v) is 18.0. The van der Waals surface area contributed by atoms with E-state index < -0.39 is 17.3 Å². The number of ketones is 1. The van der Waals surface area contributed by atoms with Crippen LogP contribution in [0.2, 0.25) is 0 Å². The molecule has 0 saturated carbocycles. The van der Waals surface area contributed by atoms with Gasteiger partial charge in [-0.2, -0.15) is 13.2 Å². The number of likely N-dealkylation sites (tertiary alicyclic amines) is 1. The Morgan fingerprint density at radius 1 is 1.03 bits per heavy atom. The first-order chi connectivity index (χ1) is 14.6. The first kappa shape index (κ1) is 23.3. The molecule has 1 aliphatic heterocycles. The van der Waals surface area contributed by atoms with Crippen molar-refractivity contribution in [2.45, 2.75) is 37.5 Å². The van der Waals surface area contributed by atoms with Gasteiger partial charge in [-0.25, -0.2) is 0 Å². The molecular weight excluding hydrogens is 405 g/mol. The number of carbonyl (C=O) groups excluding carboxylic acids is 1. The average Bonchev–Trinajstić information content (AvgIpc) is 2.74. The summed E-state index contributed by atoms with van der Waals surface area (Å²) in [5, 5.41) is 10.9. The first-order valence-electron chi connectivity index (χ1n) is 10.5. The SMILES string of the molecule is CN(C)c1ccc(C(=O)CCCN2CCC(O)(c3ccc(C(F)(F)F)cc3)CC2)cc1. The molecule has 1 heterocycles. The van der Waals surface area contributed by atoms with E-state index in [-0.39, 0.29) is 5.78 Å². The molecule has 0 spiro atoms. The molecule has 0 aliphatic carbocycles. The molecule has 0 atom stereocenters. The maximum Gasteiger partial charge on any atom is 0.416 e. The number of carbonyl (C=O) groups is 1. The summed E-state index contributed by atoms with van der Waals surface area (Å²) in [5.41, 5.74) is 0.464. The zero-order valence-electron chi connectivity index (χ0n) is 18.0. The summed E-state index contributed by atoms with van der Waals surface area (Å²) >= 11 is 0. The Morgan fingerprint density at radius 2 is 1.61 bits per heavy atom. The number of piperidine rings is 1. The number of aliphatic hydroxyl groups is 1. The van der Waals surface area contributed by atoms with Crippen molar-refractivity contribution in [2.24, 2.45) is 0 Å². The summed E-state index contributed by atoms with van der Waals surface area (Å²) in [6.07, 6.45) is -2.28. The topological polar surface area (TPSA) is 43.8 Å². The third kappa shape index (κ3) is 5.86. The van der Waals surface area contributed by atoms with E-state index in [9.17, 15) is 23.1 Å². The van der Waals surface area contributed by atoms with Gasteiger partial charge < -0.3 is 14.9 Å². The fourth-order valence-electron chi connectivity index (χ4n) is 3.96. The van der Waals surface area contributed by atoms with Crippen LogP contribution in [0.5, 0.6) is 0 Å². The summed E-state index contributed by atoms with van der Waals surface area (Å²) in [5.74, 6) is 0.114. The molecule has 0 aromatic heterocycles. The van der Waals surface area contributed by atoms with Crippen molar-refractivity contribution in [3.05, 3.63) is 65.2 Å². The number of benzene rings is 2. The van der Waals surface area contributed by atoms with Crippen LogP contribution in [-0.4, -0.2) is 49.5 Å². The van der Waals surface area contributed by atoms with Crippen molar-refractivity contribution in [1.82, 2.24) is 4.90 Å². The second-order valence-electron chi connectivity index (χ2n) is 8.42. The van der Waals surface area contributed by atoms with E-state index in [0.717, 1.165) is 30.8 Å². The molecule has 31 heavy (non-hydrogen) atoms. The Balaban J connectivity index is 1.46. The van der Waals surface area contributed by atoms with Crippen LogP contribution < -0.4 is 4.90 Å². The van der Waals surface area contributed by atoms with E-state index in [0.29, 0.717) is 43.5 Å². The van der Waals surface area contributed by atoms with Gasteiger partial charge in [-0.05, 0) is 67.8 Å². The summed E-state index contributed by atoms with van der Waals surface area (Å²) < 4.78 is 38.2. The number of nitrogens with zero attached hydrogens (tertiary/aromatic N) is 2. The van der Waals surface area contributed by atoms with Crippen molar-refractivity contribution in [1.29, 1.82) is 0 Å². The van der Waals surface area contributed by atoms with Crippen LogP contribution in [0.3, 0.4) is 0 Å². The highest BCUT2D eigenvalue weighted by atomic mass is 19.4. The number of halogens is 3. The van der Waals surface area contributed by atoms with Crippen LogP contribution in [0.25, 0.3) is 0 Å². The smallest absolute Gasteiger partial charge is 0.385 e. The van der Waals surface area contributed by atoms with Gasteiger partial charge in [0.2, 0.25) is 0 Å². The molecule has 2 aromatic carbocycles. The number of hydrogen-bond acceptors (Lipinski definition) is 4. The number of anilines is 1. The minimum Gasteiger partial charge on any atom is -0.385 e. The van der Waals surface area contributed by atoms with Crippen LogP contribution in [0, 0.1) is 0 Å². The molecule has 2 aromatic rings. The second-order valence-corrected chi connectivity index (χ2v) is 8.42. The predicted octanol–water partition coefficient (Wildman–Crippen LogP) is 4.72. The monoisotopic (exact) mass is 434 g/mol. The van der Waals surface area contributed by atoms with Crippen LogP contribution in [-0.2, 0) is 11.8 Å². The lowest BCUT2D eigenvalue weighted by Gasteiger charge is -2.38. The van der Waals surface area contributed by atoms with Crippen molar-refractivity contribution >= 4 is 11.5 Å². The van der Waals surface area contributed by atoms with E-state index in [1.165, 1.54) is 12.1 Å². The Kier molecular flexibility index (Phi) is 7.06. The molecule has 1 saturated heterocycles. The zero-order chi connectivity index (χ0) is 22.6. The molecule has 7 heteroatoms. The number of hydrogen-bond donors (Lipinski definition) is 1. The highest BCUT2D eigenvalue weighted by Crippen LogP contribution is 2.35. The molecule has 4 nitrogen and oxygen atoms in total. The quantitative estimate of drug-likeness (QED) is 0.641. The molecule has 1 aliphatic rings. The molecular formula is C24H29F3N2O2. The minimum absolute atomic E-state index is 0.114. The van der Waals surface area contributed by atoms with Gasteiger partial charge in [-0.15, -0.1) is 0 Å². The third-order valence-corrected chi connectivity index (χ3v) is 6.02. The van der Waals surface area contributed by atoms with E-state index >= 15 is 0 Å². The van der Waals surface area contributed by atoms with Crippen molar-refractivity contribution in [3.63, 3.8) is 0 Å². The van der Waals surface area contributed by atoms with Crippen molar-refractivity contribution in [3.8, 4) is 0 Å². The lowest BCUT2D eigenvalue weighted by molar-refractivity contribution is -0.137. The Morgan fingerprint density at radius 3 is 2.13 bits per heavy atom. The normalized spacial score (nSPS) is 16.8. The summed E-state index contributed by atoms with van der Waals surface area (Å²) in [6.45, 7) is 2.04. The van der Waals surface area contributed by atoms with E-state index in [2.05, 4.69) is 4.90 Å². The molecule has 0 bridgehead atoms. The fourth-order valence-corrected chi connectivity index (χ4v) is 3.96. The first-order valence-corrected chi connectivity index (χ1v) is 10.5. The number of alkyl halides is 3. The van der Waals surface area contributed by atoms with Crippen LogP contribution in [0.4, 0.5) is 18.9 Å². The molecule has 1 fully saturated rings. The van der Waals surface area contributed by atoms with Gasteiger partial charge in [0.25, 0.3) is 0 Å². The highest BCUT2D eigenvalue weighted by molar-refractivity contribution is 5.96. The summed E-state index contributed by atoms with van der Waals surface area (Å²) in [7, 11) is 3.90. The lowest BCUT2D eigenvalue weighted by Crippen LogP contribution is -2.43. The largest absolute Gasteiger partial charge is 0.416 e. The molecule has 3 rings (SSSR count). The van der Waals surface area contributed by atoms with E-state index in [1.54, 1.807) is 0 Å². The molecule has 1 N–H and O–H groups in total. The third-order valence-electron chi connectivity index (χ3n) is 6.02. The average molecular weight is 435 g/mol. The summed E-state index contributed by atoms with van der Waals surface area (Å²) in [4.78, 5) is 16.6. The van der Waals surface area contributed by atoms with Gasteiger partial charge in [0.05, 0.1) is 11.2 Å². The van der Waals surface area contributed by atoms with Gasteiger partial charge in [-0.3, -0.25) is 4.79 Å². The predicted molar refractivity (Wildman–Crippen MR) is 115 cm³/mol. The second kappa shape index (κ2) is 9.40. The maximum absolute atomic E-state index is 12.7. The van der Waals surface area contributed by atoms with Gasteiger partial charge in [-0.1, -0.05) is 12.1 Å². The van der Waals surface area contributed by atoms with Crippen molar-refractivity contribution < 1.29 is 23.1 Å². The van der Waals surface area contributed by atoms with Gasteiger partial charge in [0.1, 0.15) is 0 Å². The number of Topliss-reactive ketones (excluding diaryl/α,β-unsaturated/α-hetero) is 1. The molecule has 0 amide bonds. The lowest BCUT2D eigenvalue weighted by atomic mass is 9.84. The van der Waals surface area contributed by atoms with Gasteiger partial charge in [0.15, 0.2) is 5.78 Å². The maximum atomic E-state index is 12.7. The van der Waals surface area contributed by atoms with Gasteiger partial charge in [0, 0.05) is 44.9 Å². The minimum atomic E-state index is -4.38. The highest BCUT2D eigenvalue weighted by Gasteiger charge is 2.35. The Hall–Kier alpha value is -2.38. The van der Waals surface area contributed by atoms with Gasteiger partial charge >= 0.3 is 6.18 Å². The Bertz CT molecular complexity index is 869. The van der Waals surface area contributed by atoms with Crippen LogP contribution in [0.1, 0.15) is 47.2 Å². The summed E-state index contributed by atoms with van der Waals surface area (Å²) in [6, 6.07) is 12.4. The molecule has 168 valence electrons. The van der Waals surface area contributed by atoms with Crippen molar-refractivity contribution in [2.75, 3.05) is 38.6 Å². The molecule has 0 unspecified atom stereocenters. The van der Waals surface area contributed by atoms with E-state index in [4.69, 9.17) is 0 Å².